The molecule has 0 amide bonds. The van der Waals surface area contributed by atoms with E-state index in [1.165, 1.54) is 5.56 Å². The van der Waals surface area contributed by atoms with Gasteiger partial charge in [-0.15, -0.1) is 11.6 Å². The maximum absolute atomic E-state index is 11.7. The molecule has 0 aliphatic rings. The lowest BCUT2D eigenvalue weighted by Gasteiger charge is -2.15. The molecule has 1 aromatic carbocycles. The average molecular weight is 262 g/mol. The van der Waals surface area contributed by atoms with Crippen molar-refractivity contribution in [3.8, 4) is 5.69 Å². The average Bonchev–Trinajstić information content (AvgIpc) is 2.39. The Hall–Kier alpha value is -1.54. The van der Waals surface area contributed by atoms with Crippen molar-refractivity contribution in [3.05, 3.63) is 63.6 Å². The smallest absolute Gasteiger partial charge is 0.186 e. The number of alkyl halides is 1. The van der Waals surface area contributed by atoms with Gasteiger partial charge in [0.15, 0.2) is 5.43 Å². The fraction of sp³-hybridized carbons (Fsp3) is 0.267. The molecule has 94 valence electrons. The number of para-hydroxylation sites is 1. The van der Waals surface area contributed by atoms with Gasteiger partial charge in [-0.2, -0.15) is 0 Å². The zero-order chi connectivity index (χ0) is 13.1. The van der Waals surface area contributed by atoms with Crippen LogP contribution in [0.1, 0.15) is 23.7 Å². The molecule has 0 bridgehead atoms. The second-order valence-corrected chi connectivity index (χ2v) is 4.56. The van der Waals surface area contributed by atoms with Gasteiger partial charge in [-0.25, -0.2) is 0 Å². The molecule has 1 aromatic heterocycles. The third-order valence-corrected chi connectivity index (χ3v) is 3.39. The van der Waals surface area contributed by atoms with Gasteiger partial charge in [0.2, 0.25) is 0 Å². The Balaban J connectivity index is 2.67. The Labute approximate surface area is 112 Å². The highest BCUT2D eigenvalue weighted by Gasteiger charge is 2.07. The normalized spacial score (nSPS) is 10.6. The van der Waals surface area contributed by atoms with Gasteiger partial charge in [-0.05, 0) is 25.0 Å². The van der Waals surface area contributed by atoms with E-state index in [-0.39, 0.29) is 11.3 Å². The molecule has 2 rings (SSSR count). The minimum absolute atomic E-state index is 0.00716. The fourth-order valence-electron chi connectivity index (χ4n) is 2.08. The monoisotopic (exact) mass is 261 g/mol. The number of benzene rings is 1. The van der Waals surface area contributed by atoms with Crippen molar-refractivity contribution in [3.63, 3.8) is 0 Å². The highest BCUT2D eigenvalue weighted by Crippen LogP contribution is 2.17. The third kappa shape index (κ3) is 2.34. The summed E-state index contributed by atoms with van der Waals surface area (Å²) < 4.78 is 2.04. The molecule has 1 heterocycles. The maximum atomic E-state index is 11.7. The van der Waals surface area contributed by atoms with Crippen LogP contribution in [0.25, 0.3) is 5.69 Å². The molecule has 2 nitrogen and oxygen atoms in total. The first-order chi connectivity index (χ1) is 8.67. The van der Waals surface area contributed by atoms with E-state index < -0.39 is 0 Å². The van der Waals surface area contributed by atoms with Gasteiger partial charge in [0.05, 0.1) is 5.88 Å². The molecule has 0 fully saturated rings. The summed E-state index contributed by atoms with van der Waals surface area (Å²) in [5.41, 5.74) is 3.93. The molecule has 0 atom stereocenters. The predicted octanol–water partition coefficient (Wildman–Crippen LogP) is 3.45. The molecule has 0 spiro atoms. The van der Waals surface area contributed by atoms with Crippen molar-refractivity contribution in [2.75, 3.05) is 0 Å². The van der Waals surface area contributed by atoms with Crippen molar-refractivity contribution in [2.45, 2.75) is 26.1 Å². The molecule has 0 saturated heterocycles. The van der Waals surface area contributed by atoms with E-state index in [0.717, 1.165) is 17.8 Å². The highest BCUT2D eigenvalue weighted by atomic mass is 35.5. The van der Waals surface area contributed by atoms with Crippen LogP contribution < -0.4 is 5.43 Å². The van der Waals surface area contributed by atoms with Gasteiger partial charge in [-0.1, -0.05) is 25.1 Å². The maximum Gasteiger partial charge on any atom is 0.186 e. The number of halogens is 1. The molecule has 0 radical (unpaired) electrons. The first-order valence-electron chi connectivity index (χ1n) is 6.03. The van der Waals surface area contributed by atoms with Crippen LogP contribution in [0.3, 0.4) is 0 Å². The quantitative estimate of drug-likeness (QED) is 0.776. The second-order valence-electron chi connectivity index (χ2n) is 4.29. The van der Waals surface area contributed by atoms with E-state index in [1.54, 1.807) is 6.07 Å². The van der Waals surface area contributed by atoms with E-state index >= 15 is 0 Å². The molecule has 2 aromatic rings. The number of rotatable bonds is 3. The Bertz CT molecular complexity index is 616. The van der Waals surface area contributed by atoms with Crippen LogP contribution in [0.15, 0.2) is 41.3 Å². The molecule has 3 heteroatoms. The van der Waals surface area contributed by atoms with E-state index in [1.807, 2.05) is 29.8 Å². The Morgan fingerprint density at radius 2 is 1.94 bits per heavy atom. The summed E-state index contributed by atoms with van der Waals surface area (Å²) >= 11 is 5.80. The lowest BCUT2D eigenvalue weighted by atomic mass is 10.1. The minimum Gasteiger partial charge on any atom is -0.320 e. The zero-order valence-corrected chi connectivity index (χ0v) is 11.4. The summed E-state index contributed by atoms with van der Waals surface area (Å²) in [6.07, 6.45) is 2.80. The van der Waals surface area contributed by atoms with Gasteiger partial charge in [-0.3, -0.25) is 4.79 Å². The number of hydrogen-bond donors (Lipinski definition) is 0. The van der Waals surface area contributed by atoms with Crippen molar-refractivity contribution >= 4 is 11.6 Å². The lowest BCUT2D eigenvalue weighted by Crippen LogP contribution is -2.13. The molecular formula is C15H16ClNO. The zero-order valence-electron chi connectivity index (χ0n) is 10.6. The third-order valence-electron chi connectivity index (χ3n) is 3.10. The Morgan fingerprint density at radius 3 is 2.61 bits per heavy atom. The number of pyridine rings is 1. The van der Waals surface area contributed by atoms with Crippen LogP contribution >= 0.6 is 11.6 Å². The van der Waals surface area contributed by atoms with Crippen molar-refractivity contribution < 1.29 is 0 Å². The summed E-state index contributed by atoms with van der Waals surface area (Å²) in [5, 5.41) is 0. The molecule has 0 unspecified atom stereocenters. The molecule has 0 aliphatic carbocycles. The van der Waals surface area contributed by atoms with Crippen LogP contribution in [0, 0.1) is 6.92 Å². The number of aromatic nitrogens is 1. The topological polar surface area (TPSA) is 22.0 Å². The Morgan fingerprint density at radius 1 is 1.22 bits per heavy atom. The van der Waals surface area contributed by atoms with E-state index in [2.05, 4.69) is 19.1 Å². The van der Waals surface area contributed by atoms with Crippen LogP contribution in [0.2, 0.25) is 0 Å². The van der Waals surface area contributed by atoms with Gasteiger partial charge in [0.25, 0.3) is 0 Å². The summed E-state index contributed by atoms with van der Waals surface area (Å²) in [6.45, 7) is 4.06. The fourth-order valence-corrected chi connectivity index (χ4v) is 2.28. The first kappa shape index (κ1) is 12.9. The number of hydrogen-bond acceptors (Lipinski definition) is 1. The second kappa shape index (κ2) is 5.40. The van der Waals surface area contributed by atoms with Gasteiger partial charge in [0.1, 0.15) is 0 Å². The minimum atomic E-state index is 0.00716. The van der Waals surface area contributed by atoms with Crippen molar-refractivity contribution in [2.24, 2.45) is 0 Å². The summed E-state index contributed by atoms with van der Waals surface area (Å²) in [6, 6.07) is 9.85. The van der Waals surface area contributed by atoms with Gasteiger partial charge < -0.3 is 4.57 Å². The van der Waals surface area contributed by atoms with Crippen LogP contribution in [-0.2, 0) is 12.3 Å². The molecule has 18 heavy (non-hydrogen) atoms. The summed E-state index contributed by atoms with van der Waals surface area (Å²) in [4.78, 5) is 11.7. The van der Waals surface area contributed by atoms with Gasteiger partial charge in [0, 0.05) is 29.2 Å². The van der Waals surface area contributed by atoms with E-state index in [9.17, 15) is 4.79 Å². The highest BCUT2D eigenvalue weighted by molar-refractivity contribution is 6.17. The number of nitrogens with zero attached hydrogens (tertiary/aromatic N) is 1. The Kier molecular flexibility index (Phi) is 3.87. The largest absolute Gasteiger partial charge is 0.320 e. The SMILES string of the molecule is CCc1ccccc1-n1cc(CCl)c(=O)cc1C. The molecule has 0 saturated carbocycles. The van der Waals surface area contributed by atoms with Crippen LogP contribution in [-0.4, -0.2) is 4.57 Å². The standard InChI is InChI=1S/C15H16ClNO/c1-3-12-6-4-5-7-14(12)17-10-13(9-16)15(18)8-11(17)2/h4-8,10H,3,9H2,1-2H3. The summed E-state index contributed by atoms with van der Waals surface area (Å²) in [5.74, 6) is 0.243. The van der Waals surface area contributed by atoms with Gasteiger partial charge >= 0.3 is 0 Å². The van der Waals surface area contributed by atoms with E-state index in [4.69, 9.17) is 11.6 Å². The summed E-state index contributed by atoms with van der Waals surface area (Å²) in [7, 11) is 0. The molecule has 0 aliphatic heterocycles. The lowest BCUT2D eigenvalue weighted by molar-refractivity contribution is 0.930. The van der Waals surface area contributed by atoms with Crippen molar-refractivity contribution in [1.29, 1.82) is 0 Å². The van der Waals surface area contributed by atoms with Crippen LogP contribution in [0.4, 0.5) is 0 Å². The molecular weight excluding hydrogens is 246 g/mol. The van der Waals surface area contributed by atoms with Crippen LogP contribution in [0.5, 0.6) is 0 Å². The predicted molar refractivity (Wildman–Crippen MR) is 75.7 cm³/mol. The van der Waals surface area contributed by atoms with E-state index in [0.29, 0.717) is 5.56 Å². The van der Waals surface area contributed by atoms with Crippen molar-refractivity contribution in [1.82, 2.24) is 4.57 Å². The first-order valence-corrected chi connectivity index (χ1v) is 6.57. The molecule has 0 N–H and O–H groups in total. The number of aryl methyl sites for hydroxylation is 2.